The summed E-state index contributed by atoms with van der Waals surface area (Å²) in [5, 5.41) is 25.7. The van der Waals surface area contributed by atoms with Crippen LogP contribution in [0.3, 0.4) is 0 Å². The summed E-state index contributed by atoms with van der Waals surface area (Å²) in [5.74, 6) is 0. The van der Waals surface area contributed by atoms with Crippen LogP contribution >= 0.6 is 22.8 Å². The average Bonchev–Trinajstić information content (AvgIpc) is 2.36. The van der Waals surface area contributed by atoms with E-state index in [0.29, 0.717) is 32.2 Å². The molecule has 0 aromatic carbocycles. The third-order valence-electron chi connectivity index (χ3n) is 2.26. The highest BCUT2D eigenvalue weighted by Crippen LogP contribution is 2.33. The van der Waals surface area contributed by atoms with Gasteiger partial charge in [-0.25, -0.2) is 0 Å². The third kappa shape index (κ3) is 8.88. The van der Waals surface area contributed by atoms with Crippen LogP contribution in [0.25, 0.3) is 0 Å². The molecule has 3 nitrogen and oxygen atoms in total. The van der Waals surface area contributed by atoms with E-state index in [9.17, 15) is 0 Å². The fourth-order valence-corrected chi connectivity index (χ4v) is 3.03. The minimum Gasteiger partial charge on any atom is -0.198 e. The van der Waals surface area contributed by atoms with E-state index in [2.05, 4.69) is 39.8 Å². The average molecular weight is 312 g/mol. The van der Waals surface area contributed by atoms with Crippen molar-refractivity contribution in [1.29, 1.82) is 15.8 Å². The Morgan fingerprint density at radius 2 is 1.59 bits per heavy atom. The Hall–Kier alpha value is -0.880. The topological polar surface area (TPSA) is 71.4 Å². The van der Waals surface area contributed by atoms with Crippen molar-refractivity contribution in [2.75, 3.05) is 0 Å². The molecule has 0 aliphatic heterocycles. The highest BCUT2D eigenvalue weighted by Gasteiger charge is 2.06. The Bertz CT molecular complexity index is 339. The Morgan fingerprint density at radius 3 is 2.00 bits per heavy atom. The molecule has 0 rings (SSSR count). The fourth-order valence-electron chi connectivity index (χ4n) is 1.40. The van der Waals surface area contributed by atoms with Crippen molar-refractivity contribution < 1.29 is 0 Å². The van der Waals surface area contributed by atoms with E-state index in [0.717, 1.165) is 19.3 Å². The van der Waals surface area contributed by atoms with Gasteiger partial charge in [0.15, 0.2) is 0 Å². The molecule has 2 atom stereocenters. The molecule has 0 aromatic heterocycles. The zero-order valence-corrected chi connectivity index (χ0v) is 12.2. The summed E-state index contributed by atoms with van der Waals surface area (Å²) < 4.78 is 0. The first-order chi connectivity index (χ1) is 8.28. The second-order valence-corrected chi connectivity index (χ2v) is 5.89. The molecule has 5 heteroatoms. The van der Waals surface area contributed by atoms with Crippen LogP contribution in [0.2, 0.25) is 0 Å². The summed E-state index contributed by atoms with van der Waals surface area (Å²) >= 11 is 3.45. The lowest BCUT2D eigenvalue weighted by Crippen LogP contribution is -1.97. The molecule has 2 unspecified atom stereocenters. The van der Waals surface area contributed by atoms with Crippen molar-refractivity contribution in [3.8, 4) is 18.2 Å². The zero-order chi connectivity index (χ0) is 12.9. The number of rotatable bonds is 8. The zero-order valence-electron chi connectivity index (χ0n) is 9.62. The van der Waals surface area contributed by atoms with Crippen LogP contribution in [-0.2, 0) is 0 Å². The molecule has 0 heterocycles. The summed E-state index contributed by atoms with van der Waals surface area (Å²) in [4.78, 5) is 0. The number of nitriles is 3. The minimum atomic E-state index is 0.349. The molecule has 90 valence electrons. The van der Waals surface area contributed by atoms with Gasteiger partial charge in [0.2, 0.25) is 0 Å². The van der Waals surface area contributed by atoms with Gasteiger partial charge in [0, 0.05) is 24.9 Å². The van der Waals surface area contributed by atoms with Gasteiger partial charge in [-0.2, -0.15) is 15.8 Å². The second-order valence-electron chi connectivity index (χ2n) is 3.55. The van der Waals surface area contributed by atoms with Crippen LogP contribution < -0.4 is 0 Å². The maximum absolute atomic E-state index is 8.58. The molecule has 0 saturated heterocycles. The Labute approximate surface area is 113 Å². The van der Waals surface area contributed by atoms with Gasteiger partial charge in [0.1, 0.15) is 0 Å². The summed E-state index contributed by atoms with van der Waals surface area (Å²) in [6.07, 6.45) is 5.98. The molecule has 0 radical (unpaired) electrons. The molecule has 0 bridgehead atoms. The quantitative estimate of drug-likeness (QED) is 0.498. The third-order valence-corrected chi connectivity index (χ3v) is 4.76. The molecule has 0 amide bonds. The van der Waals surface area contributed by atoms with E-state index in [4.69, 9.17) is 15.8 Å². The Kier molecular flexibility index (Phi) is 11.0. The van der Waals surface area contributed by atoms with Crippen molar-refractivity contribution in [2.24, 2.45) is 0 Å². The molecule has 0 aliphatic carbocycles. The Balaban J connectivity index is 4.45. The van der Waals surface area contributed by atoms with E-state index in [1.165, 1.54) is 5.57 Å². The van der Waals surface area contributed by atoms with E-state index < -0.39 is 0 Å². The van der Waals surface area contributed by atoms with Gasteiger partial charge in [-0.1, -0.05) is 27.1 Å². The number of allylic oxidation sites excluding steroid dienone is 2. The largest absolute Gasteiger partial charge is 0.198 e. The summed E-state index contributed by atoms with van der Waals surface area (Å²) in [6.45, 7) is 0. The van der Waals surface area contributed by atoms with Gasteiger partial charge in [-0.3, -0.25) is 0 Å². The van der Waals surface area contributed by atoms with Gasteiger partial charge < -0.3 is 0 Å². The predicted molar refractivity (Wildman–Crippen MR) is 73.7 cm³/mol. The number of hydrogen-bond acceptors (Lipinski definition) is 3. The van der Waals surface area contributed by atoms with Gasteiger partial charge in [-0.15, -0.1) is 0 Å². The van der Waals surface area contributed by atoms with Gasteiger partial charge in [0.25, 0.3) is 0 Å². The molecule has 0 fully saturated rings. The molecule has 0 aromatic rings. The smallest absolute Gasteiger partial charge is 0.0625 e. The second kappa shape index (κ2) is 11.6. The van der Waals surface area contributed by atoms with Gasteiger partial charge in [0.05, 0.1) is 18.2 Å². The standard InChI is InChI=1S/C12H15BrN3P/c13-17-12(6-3-9-16)10-11(4-1-7-14)5-2-8-15/h10,12,17H,1-6H2. The molecule has 0 spiro atoms. The molecule has 0 saturated carbocycles. The lowest BCUT2D eigenvalue weighted by Gasteiger charge is -2.10. The first-order valence-electron chi connectivity index (χ1n) is 5.45. The number of halogens is 1. The van der Waals surface area contributed by atoms with Crippen LogP contribution in [0.5, 0.6) is 0 Å². The van der Waals surface area contributed by atoms with E-state index in [1.54, 1.807) is 0 Å². The van der Waals surface area contributed by atoms with Crippen LogP contribution in [0.1, 0.15) is 38.5 Å². The van der Waals surface area contributed by atoms with Crippen molar-refractivity contribution in [3.63, 3.8) is 0 Å². The lowest BCUT2D eigenvalue weighted by molar-refractivity contribution is 0.832. The number of hydrogen-bond donors (Lipinski definition) is 0. The Morgan fingerprint density at radius 1 is 1.06 bits per heavy atom. The van der Waals surface area contributed by atoms with Crippen LogP contribution in [0.15, 0.2) is 11.6 Å². The normalized spacial score (nSPS) is 11.4. The summed E-state index contributed by atoms with van der Waals surface area (Å²) in [5.41, 5.74) is 1.52. The van der Waals surface area contributed by atoms with Crippen LogP contribution in [-0.4, -0.2) is 5.66 Å². The van der Waals surface area contributed by atoms with Gasteiger partial charge in [-0.05, 0) is 26.5 Å². The van der Waals surface area contributed by atoms with E-state index >= 15 is 0 Å². The number of nitrogens with zero attached hydrogens (tertiary/aromatic N) is 3. The molecule has 17 heavy (non-hydrogen) atoms. The van der Waals surface area contributed by atoms with Crippen molar-refractivity contribution in [3.05, 3.63) is 11.6 Å². The maximum atomic E-state index is 8.58. The maximum Gasteiger partial charge on any atom is 0.0625 e. The van der Waals surface area contributed by atoms with E-state index in [1.807, 2.05) is 0 Å². The molecular formula is C12H15BrN3P. The van der Waals surface area contributed by atoms with Crippen molar-refractivity contribution >= 4 is 22.8 Å². The van der Waals surface area contributed by atoms with Crippen LogP contribution in [0, 0.1) is 34.0 Å². The summed E-state index contributed by atoms with van der Waals surface area (Å²) in [7, 11) is 0.581. The highest BCUT2D eigenvalue weighted by molar-refractivity contribution is 9.36. The summed E-state index contributed by atoms with van der Waals surface area (Å²) in [6, 6.07) is 6.39. The fraction of sp³-hybridized carbons (Fsp3) is 0.583. The first-order valence-corrected chi connectivity index (χ1v) is 8.78. The van der Waals surface area contributed by atoms with Crippen LogP contribution in [0.4, 0.5) is 0 Å². The lowest BCUT2D eigenvalue weighted by atomic mass is 10.0. The monoisotopic (exact) mass is 311 g/mol. The predicted octanol–water partition coefficient (Wildman–Crippen LogP) is 4.18. The van der Waals surface area contributed by atoms with Gasteiger partial charge >= 0.3 is 0 Å². The first kappa shape index (κ1) is 16.1. The molecule has 0 aliphatic rings. The highest BCUT2D eigenvalue weighted by atomic mass is 79.9. The molecule has 0 N–H and O–H groups in total. The minimum absolute atomic E-state index is 0.349. The van der Waals surface area contributed by atoms with E-state index in [-0.39, 0.29) is 0 Å². The molecular weight excluding hydrogens is 297 g/mol. The van der Waals surface area contributed by atoms with Crippen molar-refractivity contribution in [1.82, 2.24) is 0 Å². The SMILES string of the molecule is N#CCCC(=CC(CCC#N)PBr)CCC#N. The van der Waals surface area contributed by atoms with Crippen molar-refractivity contribution in [2.45, 2.75) is 44.2 Å².